The molecule has 0 aromatic heterocycles. The molecule has 0 aliphatic carbocycles. The Morgan fingerprint density at radius 2 is 2.33 bits per heavy atom. The molecule has 1 amide bonds. The fourth-order valence-corrected chi connectivity index (χ4v) is 3.43. The molecule has 5 nitrogen and oxygen atoms in total. The van der Waals surface area contributed by atoms with Gasteiger partial charge in [-0.2, -0.15) is 0 Å². The Balaban J connectivity index is 1.68. The number of anilines is 1. The van der Waals surface area contributed by atoms with Crippen molar-refractivity contribution in [2.45, 2.75) is 44.9 Å². The lowest BCUT2D eigenvalue weighted by molar-refractivity contribution is -0.120. The lowest BCUT2D eigenvalue weighted by Gasteiger charge is -2.20. The fourth-order valence-electron chi connectivity index (χ4n) is 3.43. The predicted octanol–water partition coefficient (Wildman–Crippen LogP) is 1.66. The predicted molar refractivity (Wildman–Crippen MR) is 80.2 cm³/mol. The number of aliphatic hydroxyl groups excluding tert-OH is 1. The summed E-state index contributed by atoms with van der Waals surface area (Å²) in [4.78, 5) is 12.4. The highest BCUT2D eigenvalue weighted by Gasteiger charge is 2.42. The molecular weight excluding hydrogens is 268 g/mol. The third-order valence-corrected chi connectivity index (χ3v) is 4.44. The minimum absolute atomic E-state index is 0.0629. The monoisotopic (exact) mass is 290 g/mol. The van der Waals surface area contributed by atoms with Crippen LogP contribution in [0.1, 0.15) is 31.7 Å². The zero-order chi connectivity index (χ0) is 14.8. The zero-order valence-corrected chi connectivity index (χ0v) is 12.3. The number of hydrogen-bond acceptors (Lipinski definition) is 4. The summed E-state index contributed by atoms with van der Waals surface area (Å²) < 4.78 is 5.45. The molecule has 2 heterocycles. The Bertz CT molecular complexity index is 532. The summed E-state index contributed by atoms with van der Waals surface area (Å²) >= 11 is 0. The van der Waals surface area contributed by atoms with Crippen LogP contribution in [0.4, 0.5) is 5.69 Å². The highest BCUT2D eigenvalue weighted by Crippen LogP contribution is 2.34. The van der Waals surface area contributed by atoms with Crippen LogP contribution in [-0.4, -0.2) is 29.7 Å². The van der Waals surface area contributed by atoms with E-state index in [1.165, 1.54) is 6.42 Å². The van der Waals surface area contributed by atoms with E-state index in [1.54, 1.807) is 12.1 Å². The van der Waals surface area contributed by atoms with Gasteiger partial charge in [-0.25, -0.2) is 0 Å². The van der Waals surface area contributed by atoms with Crippen LogP contribution in [0.15, 0.2) is 18.2 Å². The van der Waals surface area contributed by atoms with E-state index >= 15 is 0 Å². The number of fused-ring (bicyclic) bond motifs is 2. The first-order valence-corrected chi connectivity index (χ1v) is 7.64. The van der Waals surface area contributed by atoms with Crippen molar-refractivity contribution in [3.05, 3.63) is 23.8 Å². The summed E-state index contributed by atoms with van der Waals surface area (Å²) in [5.74, 6) is 0.801. The van der Waals surface area contributed by atoms with Gasteiger partial charge in [-0.3, -0.25) is 4.79 Å². The summed E-state index contributed by atoms with van der Waals surface area (Å²) in [7, 11) is 0. The Morgan fingerprint density at radius 3 is 2.95 bits per heavy atom. The van der Waals surface area contributed by atoms with Crippen molar-refractivity contribution in [2.75, 3.05) is 11.9 Å². The van der Waals surface area contributed by atoms with Gasteiger partial charge in [0.15, 0.2) is 0 Å². The number of carbonyl (C=O) groups excluding carboxylic acids is 1. The van der Waals surface area contributed by atoms with Gasteiger partial charge in [-0.15, -0.1) is 0 Å². The largest absolute Gasteiger partial charge is 0.494 e. The van der Waals surface area contributed by atoms with E-state index in [0.29, 0.717) is 30.0 Å². The molecule has 0 spiro atoms. The molecule has 2 aliphatic rings. The summed E-state index contributed by atoms with van der Waals surface area (Å²) in [5.41, 5.74) is 1.41. The van der Waals surface area contributed by atoms with E-state index in [4.69, 9.17) is 4.74 Å². The van der Waals surface area contributed by atoms with Gasteiger partial charge in [-0.1, -0.05) is 0 Å². The van der Waals surface area contributed by atoms with Gasteiger partial charge in [0, 0.05) is 23.3 Å². The topological polar surface area (TPSA) is 70.6 Å². The lowest BCUT2D eigenvalue weighted by Crippen LogP contribution is -2.32. The van der Waals surface area contributed by atoms with Crippen LogP contribution in [0, 0.1) is 5.92 Å². The number of ether oxygens (including phenoxy) is 1. The van der Waals surface area contributed by atoms with Gasteiger partial charge in [-0.05, 0) is 44.4 Å². The SMILES string of the molecule is CCOc1ccc(NC(=O)C2CC3CCC2N3)cc1CO. The van der Waals surface area contributed by atoms with Crippen molar-refractivity contribution in [1.82, 2.24) is 5.32 Å². The van der Waals surface area contributed by atoms with Crippen molar-refractivity contribution in [3.63, 3.8) is 0 Å². The third kappa shape index (κ3) is 2.89. The average molecular weight is 290 g/mol. The van der Waals surface area contributed by atoms with Crippen LogP contribution in [0.2, 0.25) is 0 Å². The quantitative estimate of drug-likeness (QED) is 0.771. The highest BCUT2D eigenvalue weighted by atomic mass is 16.5. The van der Waals surface area contributed by atoms with E-state index < -0.39 is 0 Å². The van der Waals surface area contributed by atoms with E-state index in [-0.39, 0.29) is 18.4 Å². The molecular formula is C16H22N2O3. The Kier molecular flexibility index (Phi) is 4.12. The molecule has 3 atom stereocenters. The smallest absolute Gasteiger partial charge is 0.229 e. The molecule has 3 N–H and O–H groups in total. The normalized spacial score (nSPS) is 26.9. The van der Waals surface area contributed by atoms with E-state index in [9.17, 15) is 9.90 Å². The average Bonchev–Trinajstić information content (AvgIpc) is 3.11. The minimum atomic E-state index is -0.102. The van der Waals surface area contributed by atoms with Gasteiger partial charge in [0.05, 0.1) is 19.1 Å². The molecule has 3 rings (SSSR count). The second kappa shape index (κ2) is 6.03. The van der Waals surface area contributed by atoms with Gasteiger partial charge in [0.25, 0.3) is 0 Å². The minimum Gasteiger partial charge on any atom is -0.494 e. The lowest BCUT2D eigenvalue weighted by atomic mass is 9.88. The van der Waals surface area contributed by atoms with Gasteiger partial charge < -0.3 is 20.5 Å². The van der Waals surface area contributed by atoms with Gasteiger partial charge in [0.1, 0.15) is 5.75 Å². The maximum atomic E-state index is 12.4. The first-order valence-electron chi connectivity index (χ1n) is 7.64. The van der Waals surface area contributed by atoms with E-state index in [1.807, 2.05) is 13.0 Å². The number of hydrogen-bond donors (Lipinski definition) is 3. The Labute approximate surface area is 124 Å². The molecule has 3 unspecified atom stereocenters. The summed E-state index contributed by atoms with van der Waals surface area (Å²) in [6, 6.07) is 6.24. The van der Waals surface area contributed by atoms with Crippen LogP contribution < -0.4 is 15.4 Å². The summed E-state index contributed by atoms with van der Waals surface area (Å²) in [6.45, 7) is 2.35. The molecule has 5 heteroatoms. The summed E-state index contributed by atoms with van der Waals surface area (Å²) in [6.07, 6.45) is 3.21. The number of nitrogens with one attached hydrogen (secondary N) is 2. The fraction of sp³-hybridized carbons (Fsp3) is 0.562. The number of benzene rings is 1. The zero-order valence-electron chi connectivity index (χ0n) is 12.3. The molecule has 2 bridgehead atoms. The maximum Gasteiger partial charge on any atom is 0.229 e. The third-order valence-electron chi connectivity index (χ3n) is 4.44. The van der Waals surface area contributed by atoms with Crippen molar-refractivity contribution in [1.29, 1.82) is 0 Å². The Hall–Kier alpha value is -1.59. The molecule has 2 saturated heterocycles. The number of amides is 1. The van der Waals surface area contributed by atoms with Crippen molar-refractivity contribution in [3.8, 4) is 5.75 Å². The van der Waals surface area contributed by atoms with E-state index in [0.717, 1.165) is 18.5 Å². The first kappa shape index (κ1) is 14.4. The van der Waals surface area contributed by atoms with Gasteiger partial charge in [0.2, 0.25) is 5.91 Å². The summed E-state index contributed by atoms with van der Waals surface area (Å²) in [5, 5.41) is 15.8. The molecule has 2 aliphatic heterocycles. The molecule has 1 aromatic rings. The van der Waals surface area contributed by atoms with Gasteiger partial charge >= 0.3 is 0 Å². The van der Waals surface area contributed by atoms with Crippen molar-refractivity contribution < 1.29 is 14.6 Å². The Morgan fingerprint density at radius 1 is 1.48 bits per heavy atom. The van der Waals surface area contributed by atoms with E-state index in [2.05, 4.69) is 10.6 Å². The molecule has 114 valence electrons. The highest BCUT2D eigenvalue weighted by molar-refractivity contribution is 5.93. The van der Waals surface area contributed by atoms with Crippen LogP contribution >= 0.6 is 0 Å². The number of carbonyl (C=O) groups is 1. The van der Waals surface area contributed by atoms with Crippen molar-refractivity contribution >= 4 is 11.6 Å². The molecule has 0 saturated carbocycles. The molecule has 2 fully saturated rings. The molecule has 21 heavy (non-hydrogen) atoms. The molecule has 1 aromatic carbocycles. The van der Waals surface area contributed by atoms with Crippen LogP contribution in [0.25, 0.3) is 0 Å². The second-order valence-electron chi connectivity index (χ2n) is 5.79. The van der Waals surface area contributed by atoms with Crippen molar-refractivity contribution in [2.24, 2.45) is 5.92 Å². The first-order chi connectivity index (χ1) is 10.2. The van der Waals surface area contributed by atoms with Crippen LogP contribution in [0.3, 0.4) is 0 Å². The van der Waals surface area contributed by atoms with Crippen LogP contribution in [0.5, 0.6) is 5.75 Å². The van der Waals surface area contributed by atoms with Crippen LogP contribution in [-0.2, 0) is 11.4 Å². The second-order valence-corrected chi connectivity index (χ2v) is 5.79. The standard InChI is InChI=1S/C16H22N2O3/c1-2-21-15-6-4-11(7-10(15)9-19)18-16(20)13-8-12-3-5-14(13)17-12/h4,6-7,12-14,17,19H,2-3,5,8-9H2,1H3,(H,18,20). The maximum absolute atomic E-state index is 12.4. The number of rotatable bonds is 5. The number of aliphatic hydroxyl groups is 1. The molecule has 0 radical (unpaired) electrons.